The summed E-state index contributed by atoms with van der Waals surface area (Å²) in [4.78, 5) is 28.5. The van der Waals surface area contributed by atoms with E-state index in [1.54, 1.807) is 30.3 Å². The second-order valence-electron chi connectivity index (χ2n) is 8.82. The zero-order valence-corrected chi connectivity index (χ0v) is 22.4. The fourth-order valence-electron chi connectivity index (χ4n) is 3.64. The molecule has 9 heteroatoms. The number of carbonyl (C=O) groups is 2. The molecular weight excluding hydrogens is 464 g/mol. The van der Waals surface area contributed by atoms with Crippen LogP contribution < -0.4 is 9.62 Å². The van der Waals surface area contributed by atoms with Crippen LogP contribution in [0.2, 0.25) is 0 Å². The molecule has 8 nitrogen and oxygen atoms in total. The van der Waals surface area contributed by atoms with Gasteiger partial charge in [0, 0.05) is 26.7 Å². The molecule has 2 rings (SSSR count). The highest BCUT2D eigenvalue weighted by atomic mass is 32.2. The van der Waals surface area contributed by atoms with Crippen LogP contribution in [-0.2, 0) is 26.3 Å². The molecule has 0 unspecified atom stereocenters. The van der Waals surface area contributed by atoms with Crippen LogP contribution in [0.15, 0.2) is 54.6 Å². The summed E-state index contributed by atoms with van der Waals surface area (Å²) >= 11 is 0. The lowest BCUT2D eigenvalue weighted by Gasteiger charge is -2.34. The van der Waals surface area contributed by atoms with Crippen molar-refractivity contribution in [2.75, 3.05) is 24.9 Å². The molecule has 0 spiro atoms. The number of hydrogen-bond donors (Lipinski definition) is 1. The van der Waals surface area contributed by atoms with E-state index in [9.17, 15) is 18.0 Å². The van der Waals surface area contributed by atoms with Crippen molar-refractivity contribution in [1.29, 1.82) is 0 Å². The van der Waals surface area contributed by atoms with Gasteiger partial charge in [-0.2, -0.15) is 12.7 Å². The van der Waals surface area contributed by atoms with Gasteiger partial charge >= 0.3 is 10.2 Å². The monoisotopic (exact) mass is 502 g/mol. The first kappa shape index (κ1) is 28.3. The fraction of sp³-hybridized carbons (Fsp3) is 0.462. The third-order valence-corrected chi connectivity index (χ3v) is 7.87. The van der Waals surface area contributed by atoms with E-state index in [0.29, 0.717) is 12.1 Å². The Labute approximate surface area is 210 Å². The van der Waals surface area contributed by atoms with Crippen molar-refractivity contribution in [2.24, 2.45) is 0 Å². The van der Waals surface area contributed by atoms with E-state index in [1.807, 2.05) is 52.0 Å². The van der Waals surface area contributed by atoms with Crippen LogP contribution in [0.3, 0.4) is 0 Å². The van der Waals surface area contributed by atoms with Gasteiger partial charge < -0.3 is 10.2 Å². The highest BCUT2D eigenvalue weighted by Crippen LogP contribution is 2.21. The van der Waals surface area contributed by atoms with Gasteiger partial charge in [0.05, 0.1) is 5.69 Å². The number of amides is 2. The van der Waals surface area contributed by atoms with E-state index in [-0.39, 0.29) is 18.5 Å². The van der Waals surface area contributed by atoms with Crippen LogP contribution in [0, 0.1) is 6.92 Å². The highest BCUT2D eigenvalue weighted by molar-refractivity contribution is 7.90. The summed E-state index contributed by atoms with van der Waals surface area (Å²) in [6.07, 6.45) is 1.16. The molecule has 1 N–H and O–H groups in total. The predicted molar refractivity (Wildman–Crippen MR) is 140 cm³/mol. The Balaban J connectivity index is 2.49. The van der Waals surface area contributed by atoms with Crippen LogP contribution >= 0.6 is 0 Å². The molecule has 2 amide bonds. The number of benzene rings is 2. The Morgan fingerprint density at radius 1 is 0.943 bits per heavy atom. The standard InChI is InChI=1S/C26H38N4O4S/c1-7-21(4)27-26(32)24(8-2)29(18-22-15-13-12-14-20(22)3)25(31)19-30(35(33,34)28(5)6)23-16-10-9-11-17-23/h9-17,21,24H,7-8,18-19H2,1-6H3,(H,27,32)/t21-,24-/m0/s1. The van der Waals surface area contributed by atoms with Crippen molar-refractivity contribution in [3.63, 3.8) is 0 Å². The van der Waals surface area contributed by atoms with Gasteiger partial charge in [-0.15, -0.1) is 0 Å². The molecule has 0 radical (unpaired) electrons. The van der Waals surface area contributed by atoms with E-state index in [1.165, 1.54) is 19.0 Å². The van der Waals surface area contributed by atoms with E-state index in [4.69, 9.17) is 0 Å². The van der Waals surface area contributed by atoms with Gasteiger partial charge in [0.25, 0.3) is 0 Å². The minimum atomic E-state index is -3.96. The quantitative estimate of drug-likeness (QED) is 0.482. The topological polar surface area (TPSA) is 90.0 Å². The average Bonchev–Trinajstić information content (AvgIpc) is 2.83. The first-order valence-electron chi connectivity index (χ1n) is 11.9. The van der Waals surface area contributed by atoms with Gasteiger partial charge in [-0.25, -0.2) is 4.31 Å². The van der Waals surface area contributed by atoms with Crippen LogP contribution in [0.4, 0.5) is 5.69 Å². The third-order valence-electron chi connectivity index (χ3n) is 6.05. The molecule has 0 aliphatic rings. The Hall–Kier alpha value is -2.91. The molecule has 0 bridgehead atoms. The average molecular weight is 503 g/mol. The number of rotatable bonds is 12. The molecule has 0 aromatic heterocycles. The Morgan fingerprint density at radius 2 is 1.54 bits per heavy atom. The van der Waals surface area contributed by atoms with Gasteiger partial charge in [-0.1, -0.05) is 56.3 Å². The maximum atomic E-state index is 13.8. The third kappa shape index (κ3) is 7.29. The zero-order chi connectivity index (χ0) is 26.2. The first-order valence-corrected chi connectivity index (χ1v) is 13.3. The highest BCUT2D eigenvalue weighted by Gasteiger charge is 2.34. The predicted octanol–water partition coefficient (Wildman–Crippen LogP) is 3.33. The number of anilines is 1. The second kappa shape index (κ2) is 12.7. The Kier molecular flexibility index (Phi) is 10.3. The molecule has 2 aromatic carbocycles. The van der Waals surface area contributed by atoms with Gasteiger partial charge in [0.15, 0.2) is 0 Å². The normalized spacial score (nSPS) is 13.2. The number of para-hydroxylation sites is 1. The summed E-state index contributed by atoms with van der Waals surface area (Å²) in [6, 6.07) is 15.4. The van der Waals surface area contributed by atoms with Crippen molar-refractivity contribution in [2.45, 2.75) is 59.2 Å². The molecule has 2 aromatic rings. The SMILES string of the molecule is CC[C@H](C)NC(=O)[C@H](CC)N(Cc1ccccc1C)C(=O)CN(c1ccccc1)S(=O)(=O)N(C)C. The van der Waals surface area contributed by atoms with E-state index < -0.39 is 28.7 Å². The number of hydrogen-bond acceptors (Lipinski definition) is 4. The summed E-state index contributed by atoms with van der Waals surface area (Å²) < 4.78 is 28.5. The van der Waals surface area contributed by atoms with Crippen molar-refractivity contribution in [1.82, 2.24) is 14.5 Å². The van der Waals surface area contributed by atoms with E-state index in [0.717, 1.165) is 26.2 Å². The molecule has 0 heterocycles. The maximum Gasteiger partial charge on any atom is 0.304 e. The molecule has 0 fully saturated rings. The molecule has 192 valence electrons. The number of carbonyl (C=O) groups excluding carboxylic acids is 2. The lowest BCUT2D eigenvalue weighted by molar-refractivity contribution is -0.140. The molecule has 0 aliphatic carbocycles. The molecule has 2 atom stereocenters. The lowest BCUT2D eigenvalue weighted by atomic mass is 10.1. The van der Waals surface area contributed by atoms with Crippen molar-refractivity contribution >= 4 is 27.7 Å². The van der Waals surface area contributed by atoms with Gasteiger partial charge in [0.1, 0.15) is 12.6 Å². The molecule has 0 saturated carbocycles. The number of nitrogens with one attached hydrogen (secondary N) is 1. The van der Waals surface area contributed by atoms with Crippen molar-refractivity contribution in [3.8, 4) is 0 Å². The molecule has 35 heavy (non-hydrogen) atoms. The van der Waals surface area contributed by atoms with Crippen molar-refractivity contribution < 1.29 is 18.0 Å². The molecular formula is C26H38N4O4S. The Bertz CT molecular complexity index is 1090. The first-order chi connectivity index (χ1) is 16.5. The van der Waals surface area contributed by atoms with Crippen molar-refractivity contribution in [3.05, 3.63) is 65.7 Å². The van der Waals surface area contributed by atoms with Crippen LogP contribution in [0.1, 0.15) is 44.7 Å². The van der Waals surface area contributed by atoms with E-state index in [2.05, 4.69) is 5.32 Å². The minimum Gasteiger partial charge on any atom is -0.352 e. The molecule has 0 aliphatic heterocycles. The maximum absolute atomic E-state index is 13.8. The van der Waals surface area contributed by atoms with E-state index >= 15 is 0 Å². The summed E-state index contributed by atoms with van der Waals surface area (Å²) in [7, 11) is -1.11. The molecule has 0 saturated heterocycles. The second-order valence-corrected chi connectivity index (χ2v) is 10.9. The number of aryl methyl sites for hydroxylation is 1. The van der Waals surface area contributed by atoms with Crippen LogP contribution in [0.25, 0.3) is 0 Å². The van der Waals surface area contributed by atoms with Gasteiger partial charge in [0.2, 0.25) is 11.8 Å². The summed E-state index contributed by atoms with van der Waals surface area (Å²) in [5.74, 6) is -0.695. The lowest BCUT2D eigenvalue weighted by Crippen LogP contribution is -2.54. The van der Waals surface area contributed by atoms with Crippen LogP contribution in [-0.4, -0.2) is 62.2 Å². The smallest absolute Gasteiger partial charge is 0.304 e. The van der Waals surface area contributed by atoms with Gasteiger partial charge in [-0.05, 0) is 49.9 Å². The van der Waals surface area contributed by atoms with Crippen LogP contribution in [0.5, 0.6) is 0 Å². The summed E-state index contributed by atoms with van der Waals surface area (Å²) in [6.45, 7) is 7.46. The number of nitrogens with zero attached hydrogens (tertiary/aromatic N) is 3. The fourth-order valence-corrected chi connectivity index (χ4v) is 4.70. The zero-order valence-electron chi connectivity index (χ0n) is 21.6. The summed E-state index contributed by atoms with van der Waals surface area (Å²) in [5.41, 5.74) is 2.27. The van der Waals surface area contributed by atoms with Gasteiger partial charge in [-0.3, -0.25) is 9.59 Å². The minimum absolute atomic E-state index is 0.0399. The largest absolute Gasteiger partial charge is 0.352 e. The Morgan fingerprint density at radius 3 is 2.09 bits per heavy atom. The summed E-state index contributed by atoms with van der Waals surface area (Å²) in [5, 5.41) is 2.98.